The maximum atomic E-state index is 12.4. The van der Waals surface area contributed by atoms with Crippen LogP contribution in [-0.2, 0) is 10.2 Å². The van der Waals surface area contributed by atoms with Crippen molar-refractivity contribution in [3.63, 3.8) is 0 Å². The van der Waals surface area contributed by atoms with E-state index in [1.54, 1.807) is 0 Å². The minimum absolute atomic E-state index is 0.215. The summed E-state index contributed by atoms with van der Waals surface area (Å²) in [5, 5.41) is 9.29. The molecule has 0 saturated carbocycles. The predicted molar refractivity (Wildman–Crippen MR) is 71.8 cm³/mol. The Morgan fingerprint density at radius 1 is 1.42 bits per heavy atom. The Balaban J connectivity index is 2.67. The topological polar surface area (TPSA) is 61.2 Å². The van der Waals surface area contributed by atoms with Crippen molar-refractivity contribution in [1.29, 1.82) is 5.26 Å². The van der Waals surface area contributed by atoms with Crippen molar-refractivity contribution in [2.45, 2.75) is 24.6 Å². The van der Waals surface area contributed by atoms with Crippen molar-refractivity contribution < 1.29 is 9.59 Å². The molecule has 1 atom stereocenters. The monoisotopic (exact) mass is 322 g/mol. The van der Waals surface area contributed by atoms with Gasteiger partial charge in [-0.3, -0.25) is 0 Å². The van der Waals surface area contributed by atoms with Gasteiger partial charge in [0.1, 0.15) is 0 Å². The Morgan fingerprint density at radius 2 is 2.11 bits per heavy atom. The van der Waals surface area contributed by atoms with Crippen molar-refractivity contribution >= 4 is 26.8 Å². The molecule has 0 fully saturated rings. The number of carbonyl (C=O) groups excluding carboxylic acids is 2. The van der Waals surface area contributed by atoms with Crippen LogP contribution >= 0.6 is 0 Å². The van der Waals surface area contributed by atoms with Gasteiger partial charge in [-0.1, -0.05) is 0 Å². The quantitative estimate of drug-likeness (QED) is 0.612. The first kappa shape index (κ1) is 13.8. The van der Waals surface area contributed by atoms with Crippen molar-refractivity contribution in [2.24, 2.45) is 0 Å². The van der Waals surface area contributed by atoms with Gasteiger partial charge in [0.15, 0.2) is 0 Å². The molecule has 1 aliphatic rings. The number of carbonyl (C=O) groups is 2. The van der Waals surface area contributed by atoms with Gasteiger partial charge >= 0.3 is 118 Å². The second-order valence-corrected chi connectivity index (χ2v) is 6.47. The van der Waals surface area contributed by atoms with Gasteiger partial charge in [0, 0.05) is 0 Å². The Bertz CT molecular complexity index is 606. The summed E-state index contributed by atoms with van der Waals surface area (Å²) < 4.78 is 0. The van der Waals surface area contributed by atoms with Gasteiger partial charge in [-0.2, -0.15) is 0 Å². The summed E-state index contributed by atoms with van der Waals surface area (Å²) in [4.78, 5) is 28.0. The van der Waals surface area contributed by atoms with E-state index in [-0.39, 0.29) is 26.8 Å². The van der Waals surface area contributed by atoms with Gasteiger partial charge in [0.25, 0.3) is 0 Å². The Kier molecular flexibility index (Phi) is 3.49. The molecule has 98 valence electrons. The summed E-state index contributed by atoms with van der Waals surface area (Å²) in [5.74, 6) is -0.465. The number of nitriles is 1. The molecule has 0 radical (unpaired) electrons. The minimum atomic E-state index is -0.764. The average molecular weight is 321 g/mol. The molecule has 2 rings (SSSR count). The van der Waals surface area contributed by atoms with Crippen LogP contribution in [0.25, 0.3) is 0 Å². The number of benzene rings is 1. The number of hydrogen-bond acceptors (Lipinski definition) is 3. The molecule has 0 aliphatic carbocycles. The van der Waals surface area contributed by atoms with E-state index in [2.05, 4.69) is 4.97 Å². The molecule has 0 saturated heterocycles. The molecular weight excluding hydrogens is 307 g/mol. The Hall–Kier alpha value is -1.63. The van der Waals surface area contributed by atoms with Crippen LogP contribution in [0.2, 0.25) is 5.32 Å². The average Bonchev–Trinajstić information content (AvgIpc) is 2.40. The molecule has 1 aromatic carbocycles. The third-order valence-corrected chi connectivity index (χ3v) is 5.37. The fourth-order valence-electron chi connectivity index (χ4n) is 2.47. The van der Waals surface area contributed by atoms with Crippen LogP contribution in [0, 0.1) is 17.2 Å². The molecule has 0 aromatic heterocycles. The van der Waals surface area contributed by atoms with Gasteiger partial charge in [0.05, 0.1) is 0 Å². The second kappa shape index (κ2) is 4.80. The van der Waals surface area contributed by atoms with E-state index in [1.165, 1.54) is 11.9 Å². The molecule has 4 nitrogen and oxygen atoms in total. The molecule has 1 aromatic rings. The number of hydrogen-bond donors (Lipinski definition) is 0. The van der Waals surface area contributed by atoms with E-state index < -0.39 is 5.41 Å². The molecule has 0 N–H and O–H groups in total. The van der Waals surface area contributed by atoms with Crippen molar-refractivity contribution in [2.75, 3.05) is 7.05 Å². The normalized spacial score (nSPS) is 22.1. The van der Waals surface area contributed by atoms with Crippen LogP contribution in [0.3, 0.4) is 0 Å². The summed E-state index contributed by atoms with van der Waals surface area (Å²) in [6.07, 6.45) is 0. The second-order valence-electron chi connectivity index (χ2n) is 4.88. The third-order valence-electron chi connectivity index (χ3n) is 3.59. The van der Waals surface area contributed by atoms with Gasteiger partial charge in [-0.25, -0.2) is 0 Å². The third kappa shape index (κ3) is 1.97. The molecule has 1 unspecified atom stereocenters. The number of imide groups is 1. The van der Waals surface area contributed by atoms with E-state index in [1.807, 2.05) is 32.0 Å². The van der Waals surface area contributed by atoms with Gasteiger partial charge < -0.3 is 0 Å². The first-order chi connectivity index (χ1) is 8.93. The van der Waals surface area contributed by atoms with Crippen molar-refractivity contribution in [1.82, 2.24) is 4.90 Å². The Morgan fingerprint density at radius 3 is 2.74 bits per heavy atom. The molecule has 1 heterocycles. The molecule has 2 amide bonds. The fraction of sp³-hybridized carbons (Fsp3) is 0.357. The summed E-state index contributed by atoms with van der Waals surface area (Å²) in [7, 11) is 1.51. The fourth-order valence-corrected chi connectivity index (χ4v) is 3.80. The van der Waals surface area contributed by atoms with Gasteiger partial charge in [-0.05, 0) is 0 Å². The molecule has 19 heavy (non-hydrogen) atoms. The number of aryl methyl sites for hydroxylation is 1. The molecule has 0 spiro atoms. The standard InChI is InChI=1S/C14H14N2O2Se/c1-9-5-4-6-10-11(9)12(17)16(3)13(18)14(10,2)7-19-8-15/h4-6H,7H2,1-3H3. The van der Waals surface area contributed by atoms with Crippen LogP contribution in [0.4, 0.5) is 0 Å². The number of rotatable bonds is 2. The van der Waals surface area contributed by atoms with E-state index in [0.29, 0.717) is 10.9 Å². The first-order valence-electron chi connectivity index (χ1n) is 5.87. The van der Waals surface area contributed by atoms with Crippen LogP contribution < -0.4 is 0 Å². The van der Waals surface area contributed by atoms with E-state index in [0.717, 1.165) is 11.1 Å². The number of nitrogens with zero attached hydrogens (tertiary/aromatic N) is 2. The summed E-state index contributed by atoms with van der Waals surface area (Å²) in [6.45, 7) is 3.70. The van der Waals surface area contributed by atoms with E-state index >= 15 is 0 Å². The van der Waals surface area contributed by atoms with E-state index in [4.69, 9.17) is 5.26 Å². The SMILES string of the molecule is Cc1cccc2c1C(=O)N(C)C(=O)C2(C)C[Se]C#N. The molecular formula is C14H14N2O2Se. The van der Waals surface area contributed by atoms with Gasteiger partial charge in [0.2, 0.25) is 0 Å². The molecule has 5 heteroatoms. The number of amides is 2. The van der Waals surface area contributed by atoms with Crippen LogP contribution in [0.15, 0.2) is 18.2 Å². The van der Waals surface area contributed by atoms with Crippen LogP contribution in [0.5, 0.6) is 0 Å². The summed E-state index contributed by atoms with van der Waals surface area (Å²) in [5.41, 5.74) is 1.48. The van der Waals surface area contributed by atoms with Crippen LogP contribution in [-0.4, -0.2) is 38.7 Å². The zero-order chi connectivity index (χ0) is 14.2. The molecule has 0 bridgehead atoms. The zero-order valence-electron chi connectivity index (χ0n) is 11.1. The predicted octanol–water partition coefficient (Wildman–Crippen LogP) is 1.47. The summed E-state index contributed by atoms with van der Waals surface area (Å²) >= 11 is -0.271. The maximum absolute atomic E-state index is 12.4. The zero-order valence-corrected chi connectivity index (χ0v) is 12.8. The number of fused-ring (bicyclic) bond motifs is 1. The van der Waals surface area contributed by atoms with Crippen molar-refractivity contribution in [3.8, 4) is 4.97 Å². The van der Waals surface area contributed by atoms with Crippen molar-refractivity contribution in [3.05, 3.63) is 34.9 Å². The Labute approximate surface area is 118 Å². The molecule has 1 aliphatic heterocycles. The van der Waals surface area contributed by atoms with E-state index in [9.17, 15) is 9.59 Å². The van der Waals surface area contributed by atoms with Gasteiger partial charge in [-0.15, -0.1) is 0 Å². The summed E-state index contributed by atoms with van der Waals surface area (Å²) in [6, 6.07) is 5.56. The van der Waals surface area contributed by atoms with Crippen LogP contribution in [0.1, 0.15) is 28.4 Å². The number of likely N-dealkylation sites (N-methyl/N-ethyl adjacent to an activating group) is 1. The first-order valence-corrected chi connectivity index (χ1v) is 7.93.